The second kappa shape index (κ2) is 7.00. The summed E-state index contributed by atoms with van der Waals surface area (Å²) in [5, 5.41) is 0. The van der Waals surface area contributed by atoms with E-state index in [0.717, 1.165) is 6.61 Å². The molecule has 0 aliphatic carbocycles. The largest absolute Gasteiger partial charge is 1.00 e. The van der Waals surface area contributed by atoms with Crippen molar-refractivity contribution >= 4 is 8.80 Å². The molecule has 1 fully saturated rings. The van der Waals surface area contributed by atoms with Gasteiger partial charge in [-0.1, -0.05) is 6.55 Å². The van der Waals surface area contributed by atoms with E-state index in [0.29, 0.717) is 5.73 Å². The Labute approximate surface area is 115 Å². The van der Waals surface area contributed by atoms with Gasteiger partial charge in [0.1, 0.15) is 0 Å². The molecule has 0 radical (unpaired) electrons. The van der Waals surface area contributed by atoms with Crippen LogP contribution in [0.5, 0.6) is 0 Å². The summed E-state index contributed by atoms with van der Waals surface area (Å²) in [5.41, 5.74) is 2.71. The van der Waals surface area contributed by atoms with E-state index in [2.05, 4.69) is 18.8 Å². The molecule has 1 saturated heterocycles. The van der Waals surface area contributed by atoms with Crippen LogP contribution >= 0.6 is 0 Å². The standard InChI is InChI=1S/C8H16OSi.K.H/c1-3-10(2)8-6-4-5-7-9-8;;/h3,8,10H,1,4-7H2,2H3;;/q;+1;-1. The van der Waals surface area contributed by atoms with Crippen molar-refractivity contribution in [2.45, 2.75) is 31.5 Å². The topological polar surface area (TPSA) is 9.23 Å². The fourth-order valence-corrected chi connectivity index (χ4v) is 2.84. The summed E-state index contributed by atoms with van der Waals surface area (Å²) in [6, 6.07) is 0. The number of ether oxygens (including phenoxy) is 1. The van der Waals surface area contributed by atoms with Crippen LogP contribution in [0.25, 0.3) is 0 Å². The van der Waals surface area contributed by atoms with Crippen LogP contribution in [0.4, 0.5) is 0 Å². The van der Waals surface area contributed by atoms with Crippen molar-refractivity contribution in [2.24, 2.45) is 0 Å². The quantitative estimate of drug-likeness (QED) is 0.504. The normalized spacial score (nSPS) is 26.8. The third-order valence-corrected chi connectivity index (χ3v) is 4.62. The van der Waals surface area contributed by atoms with E-state index in [1.807, 2.05) is 0 Å². The first-order valence-corrected chi connectivity index (χ1v) is 6.57. The molecule has 1 aliphatic heterocycles. The fraction of sp³-hybridized carbons (Fsp3) is 0.750. The molecule has 0 spiro atoms. The van der Waals surface area contributed by atoms with Crippen molar-refractivity contribution in [1.29, 1.82) is 0 Å². The van der Waals surface area contributed by atoms with Gasteiger partial charge in [-0.05, 0) is 19.3 Å². The van der Waals surface area contributed by atoms with Gasteiger partial charge in [-0.2, -0.15) is 0 Å². The number of rotatable bonds is 2. The minimum Gasteiger partial charge on any atom is -1.00 e. The number of hydrogen-bond donors (Lipinski definition) is 0. The van der Waals surface area contributed by atoms with Crippen LogP contribution in [0.2, 0.25) is 6.55 Å². The van der Waals surface area contributed by atoms with E-state index >= 15 is 0 Å². The maximum absolute atomic E-state index is 5.62. The average molecular weight is 196 g/mol. The first-order chi connectivity index (χ1) is 4.84. The Hall–Kier alpha value is 1.55. The van der Waals surface area contributed by atoms with Gasteiger partial charge < -0.3 is 6.16 Å². The van der Waals surface area contributed by atoms with Crippen LogP contribution in [0.3, 0.4) is 0 Å². The maximum Gasteiger partial charge on any atom is 1.00 e. The van der Waals surface area contributed by atoms with Crippen LogP contribution in [-0.2, 0) is 4.74 Å². The number of hydrogen-bond acceptors (Lipinski definition) is 1. The Morgan fingerprint density at radius 1 is 1.64 bits per heavy atom. The van der Waals surface area contributed by atoms with Crippen LogP contribution in [0.15, 0.2) is 12.3 Å². The van der Waals surface area contributed by atoms with Crippen molar-refractivity contribution in [3.8, 4) is 0 Å². The summed E-state index contributed by atoms with van der Waals surface area (Å²) in [6.07, 6.45) is 3.89. The van der Waals surface area contributed by atoms with Gasteiger partial charge in [-0.15, -0.1) is 12.3 Å². The molecule has 0 amide bonds. The fourth-order valence-electron chi connectivity index (χ4n) is 1.33. The summed E-state index contributed by atoms with van der Waals surface area (Å²) in [4.78, 5) is 0. The van der Waals surface area contributed by atoms with Crippen LogP contribution in [-0.4, -0.2) is 21.1 Å². The zero-order valence-electron chi connectivity index (χ0n) is 8.68. The zero-order chi connectivity index (χ0) is 7.40. The second-order valence-electron chi connectivity index (χ2n) is 3.00. The van der Waals surface area contributed by atoms with Gasteiger partial charge in [0.2, 0.25) is 0 Å². The molecule has 1 rings (SSSR count). The molecule has 2 unspecified atom stereocenters. The third kappa shape index (κ3) is 4.36. The molecular weight excluding hydrogens is 179 g/mol. The molecule has 11 heavy (non-hydrogen) atoms. The Morgan fingerprint density at radius 3 is 2.82 bits per heavy atom. The minimum atomic E-state index is -0.721. The van der Waals surface area contributed by atoms with Gasteiger partial charge in [0.15, 0.2) is 0 Å². The molecule has 0 saturated carbocycles. The second-order valence-corrected chi connectivity index (χ2v) is 5.93. The van der Waals surface area contributed by atoms with E-state index in [-0.39, 0.29) is 52.8 Å². The Balaban J connectivity index is 0. The summed E-state index contributed by atoms with van der Waals surface area (Å²) in [5.74, 6) is 0. The van der Waals surface area contributed by atoms with Crippen molar-refractivity contribution in [2.75, 3.05) is 6.61 Å². The van der Waals surface area contributed by atoms with E-state index in [4.69, 9.17) is 4.74 Å². The monoisotopic (exact) mass is 196 g/mol. The SMILES string of the molecule is C=C[SiH](C)C1CCCCO1.[H-].[K+]. The summed E-state index contributed by atoms with van der Waals surface area (Å²) in [7, 11) is -0.721. The van der Waals surface area contributed by atoms with Crippen molar-refractivity contribution in [1.82, 2.24) is 0 Å². The van der Waals surface area contributed by atoms with Crippen LogP contribution in [0, 0.1) is 0 Å². The smallest absolute Gasteiger partial charge is 1.00 e. The van der Waals surface area contributed by atoms with Gasteiger partial charge in [0, 0.05) is 12.3 Å². The predicted octanol–water partition coefficient (Wildman–Crippen LogP) is -1.21. The van der Waals surface area contributed by atoms with Crippen molar-refractivity contribution in [3.05, 3.63) is 12.3 Å². The van der Waals surface area contributed by atoms with Crippen LogP contribution < -0.4 is 51.4 Å². The van der Waals surface area contributed by atoms with Gasteiger partial charge >= 0.3 is 51.4 Å². The molecule has 0 bridgehead atoms. The Morgan fingerprint density at radius 2 is 2.36 bits per heavy atom. The van der Waals surface area contributed by atoms with E-state index in [1.165, 1.54) is 19.3 Å². The summed E-state index contributed by atoms with van der Waals surface area (Å²) >= 11 is 0. The van der Waals surface area contributed by atoms with E-state index in [9.17, 15) is 0 Å². The predicted molar refractivity (Wildman–Crippen MR) is 47.9 cm³/mol. The summed E-state index contributed by atoms with van der Waals surface area (Å²) in [6.45, 7) is 7.11. The van der Waals surface area contributed by atoms with Gasteiger partial charge in [0.25, 0.3) is 0 Å². The maximum atomic E-state index is 5.62. The van der Waals surface area contributed by atoms with E-state index < -0.39 is 8.80 Å². The minimum absolute atomic E-state index is 0. The molecule has 0 N–H and O–H groups in total. The molecule has 1 aliphatic rings. The first kappa shape index (κ1) is 12.6. The molecule has 1 nitrogen and oxygen atoms in total. The Kier molecular flexibility index (Phi) is 7.99. The molecule has 1 heterocycles. The zero-order valence-corrected chi connectivity index (χ0v) is 12.0. The first-order valence-electron chi connectivity index (χ1n) is 4.08. The molecule has 3 heteroatoms. The third-order valence-electron chi connectivity index (χ3n) is 2.17. The molecule has 60 valence electrons. The molecule has 2 atom stereocenters. The van der Waals surface area contributed by atoms with Gasteiger partial charge in [-0.3, -0.25) is 0 Å². The molecule has 0 aromatic rings. The van der Waals surface area contributed by atoms with Crippen molar-refractivity contribution < 1.29 is 57.5 Å². The van der Waals surface area contributed by atoms with Gasteiger partial charge in [-0.25, -0.2) is 0 Å². The van der Waals surface area contributed by atoms with E-state index in [1.54, 1.807) is 0 Å². The molecule has 0 aromatic heterocycles. The Bertz CT molecular complexity index is 118. The molecular formula is C8H17KOSi. The average Bonchev–Trinajstić information content (AvgIpc) is 2.05. The van der Waals surface area contributed by atoms with Crippen molar-refractivity contribution in [3.63, 3.8) is 0 Å². The van der Waals surface area contributed by atoms with Crippen LogP contribution in [0.1, 0.15) is 20.7 Å². The van der Waals surface area contributed by atoms with Gasteiger partial charge in [0.05, 0.1) is 8.80 Å². The summed E-state index contributed by atoms with van der Waals surface area (Å²) < 4.78 is 5.62. The molecule has 0 aromatic carbocycles.